The largest absolute Gasteiger partial charge is 0.492 e. The summed E-state index contributed by atoms with van der Waals surface area (Å²) in [6, 6.07) is 11.7. The van der Waals surface area contributed by atoms with E-state index in [0.29, 0.717) is 63.6 Å². The van der Waals surface area contributed by atoms with E-state index in [1.165, 1.54) is 12.1 Å². The first kappa shape index (κ1) is 26.0. The van der Waals surface area contributed by atoms with Crippen LogP contribution < -0.4 is 10.1 Å². The van der Waals surface area contributed by atoms with E-state index in [4.69, 9.17) is 9.47 Å². The monoisotopic (exact) mass is 504 g/mol. The lowest BCUT2D eigenvalue weighted by Crippen LogP contribution is -2.45. The Labute approximate surface area is 208 Å². The second-order valence-electron chi connectivity index (χ2n) is 9.48. The molecule has 0 unspecified atom stereocenters. The van der Waals surface area contributed by atoms with E-state index in [9.17, 15) is 22.8 Å². The van der Waals surface area contributed by atoms with Crippen molar-refractivity contribution in [1.29, 1.82) is 0 Å². The summed E-state index contributed by atoms with van der Waals surface area (Å²) in [6.07, 6.45) is -0.504. The number of carbonyl (C=O) groups excluding carboxylic acids is 2. The van der Waals surface area contributed by atoms with Gasteiger partial charge in [-0.15, -0.1) is 0 Å². The maximum absolute atomic E-state index is 13.1. The molecule has 36 heavy (non-hydrogen) atoms. The van der Waals surface area contributed by atoms with Gasteiger partial charge < -0.3 is 19.7 Å². The first-order valence-corrected chi connectivity index (χ1v) is 12.3. The number of piperidine rings is 1. The fourth-order valence-electron chi connectivity index (χ4n) is 4.81. The highest BCUT2D eigenvalue weighted by atomic mass is 19.4. The molecule has 2 aliphatic rings. The summed E-state index contributed by atoms with van der Waals surface area (Å²) < 4.78 is 51.2. The number of fused-ring (bicyclic) bond motifs is 1. The molecule has 0 bridgehead atoms. The van der Waals surface area contributed by atoms with Crippen LogP contribution in [-0.4, -0.2) is 56.2 Å². The second kappa shape index (κ2) is 11.3. The van der Waals surface area contributed by atoms with Gasteiger partial charge in [0.05, 0.1) is 24.3 Å². The number of benzene rings is 2. The minimum absolute atomic E-state index is 0.0418. The van der Waals surface area contributed by atoms with Crippen molar-refractivity contribution in [3.05, 3.63) is 65.2 Å². The molecule has 0 atom stereocenters. The number of nitrogens with zero attached hydrogens (tertiary/aromatic N) is 1. The number of hydrogen-bond donors (Lipinski definition) is 1. The van der Waals surface area contributed by atoms with Crippen LogP contribution in [0.15, 0.2) is 48.5 Å². The van der Waals surface area contributed by atoms with Crippen LogP contribution in [-0.2, 0) is 10.9 Å². The minimum atomic E-state index is -4.50. The number of halogens is 3. The van der Waals surface area contributed by atoms with Crippen molar-refractivity contribution in [3.63, 3.8) is 0 Å². The number of carbonyl (C=O) groups is 2. The van der Waals surface area contributed by atoms with E-state index in [2.05, 4.69) is 5.32 Å². The normalized spacial score (nSPS) is 19.5. The number of alkyl halides is 3. The quantitative estimate of drug-likeness (QED) is 0.598. The molecule has 1 N–H and O–H groups in total. The van der Waals surface area contributed by atoms with Gasteiger partial charge >= 0.3 is 6.18 Å². The number of rotatable bonds is 1. The molecule has 1 fully saturated rings. The Kier molecular flexibility index (Phi) is 8.18. The molecule has 2 aromatic rings. The molecule has 2 aromatic carbocycles. The molecule has 0 saturated carbocycles. The number of likely N-dealkylation sites (tertiary alicyclic amines) is 1. The van der Waals surface area contributed by atoms with Gasteiger partial charge in [-0.05, 0) is 56.0 Å². The molecular weight excluding hydrogens is 473 g/mol. The standard InChI is InChI=1S/C27H31F3N2O4/c28-27(29,30)21-7-5-6-20(18-21)25(34)32-14-11-26(12-15-32)10-3-4-16-35-17-13-31-24(33)22-8-1-2-9-23(22)36-19-26/h1-2,5-9,18H,3-4,10-17,19H2,(H,31,33). The summed E-state index contributed by atoms with van der Waals surface area (Å²) in [5.41, 5.74) is -0.536. The van der Waals surface area contributed by atoms with Crippen molar-refractivity contribution in [3.8, 4) is 5.75 Å². The zero-order chi connectivity index (χ0) is 25.6. The van der Waals surface area contributed by atoms with Gasteiger partial charge in [-0.3, -0.25) is 9.59 Å². The molecule has 6 nitrogen and oxygen atoms in total. The molecule has 1 saturated heterocycles. The summed E-state index contributed by atoms with van der Waals surface area (Å²) >= 11 is 0. The lowest BCUT2D eigenvalue weighted by molar-refractivity contribution is -0.137. The molecule has 194 valence electrons. The SMILES string of the molecule is O=C1NCCOCCCCC2(CCN(C(=O)c3cccc(C(F)(F)F)c3)CC2)COc2ccccc21. The van der Waals surface area contributed by atoms with Crippen LogP contribution in [0, 0.1) is 5.41 Å². The molecule has 0 radical (unpaired) electrons. The molecule has 4 rings (SSSR count). The van der Waals surface area contributed by atoms with E-state index in [0.717, 1.165) is 31.4 Å². The topological polar surface area (TPSA) is 67.9 Å². The van der Waals surface area contributed by atoms with Crippen LogP contribution in [0.4, 0.5) is 13.2 Å². The van der Waals surface area contributed by atoms with Crippen molar-refractivity contribution in [2.24, 2.45) is 5.41 Å². The number of amides is 2. The van der Waals surface area contributed by atoms with Crippen LogP contribution in [0.2, 0.25) is 0 Å². The number of para-hydroxylation sites is 1. The highest BCUT2D eigenvalue weighted by molar-refractivity contribution is 5.97. The Morgan fingerprint density at radius 1 is 0.972 bits per heavy atom. The van der Waals surface area contributed by atoms with Crippen molar-refractivity contribution in [2.45, 2.75) is 38.3 Å². The maximum atomic E-state index is 13.1. The summed E-state index contributed by atoms with van der Waals surface area (Å²) in [6.45, 7) is 2.71. The average molecular weight is 505 g/mol. The van der Waals surface area contributed by atoms with E-state index in [1.807, 2.05) is 6.07 Å². The maximum Gasteiger partial charge on any atom is 0.416 e. The first-order valence-electron chi connectivity index (χ1n) is 12.3. The van der Waals surface area contributed by atoms with Crippen molar-refractivity contribution in [2.75, 3.05) is 39.5 Å². The van der Waals surface area contributed by atoms with Gasteiger partial charge in [-0.1, -0.05) is 24.6 Å². The Bertz CT molecular complexity index is 1060. The average Bonchev–Trinajstić information content (AvgIpc) is 2.88. The van der Waals surface area contributed by atoms with Crippen LogP contribution in [0.5, 0.6) is 5.75 Å². The molecule has 1 spiro atoms. The minimum Gasteiger partial charge on any atom is -0.492 e. The summed E-state index contributed by atoms with van der Waals surface area (Å²) in [5, 5.41) is 2.85. The van der Waals surface area contributed by atoms with E-state index in [-0.39, 0.29) is 16.9 Å². The predicted octanol–water partition coefficient (Wildman–Crippen LogP) is 4.94. The van der Waals surface area contributed by atoms with Crippen LogP contribution in [0.25, 0.3) is 0 Å². The van der Waals surface area contributed by atoms with E-state index >= 15 is 0 Å². The molecule has 0 aromatic heterocycles. The van der Waals surface area contributed by atoms with E-state index in [1.54, 1.807) is 23.1 Å². The van der Waals surface area contributed by atoms with Gasteiger partial charge in [0.2, 0.25) is 0 Å². The summed E-state index contributed by atoms with van der Waals surface area (Å²) in [4.78, 5) is 27.2. The predicted molar refractivity (Wildman–Crippen MR) is 128 cm³/mol. The van der Waals surface area contributed by atoms with Gasteiger partial charge in [0, 0.05) is 37.2 Å². The zero-order valence-electron chi connectivity index (χ0n) is 20.1. The Morgan fingerprint density at radius 3 is 2.53 bits per heavy atom. The molecule has 0 aliphatic carbocycles. The van der Waals surface area contributed by atoms with Gasteiger partial charge in [0.15, 0.2) is 0 Å². The Hall–Kier alpha value is -3.07. The highest BCUT2D eigenvalue weighted by Gasteiger charge is 2.37. The third-order valence-electron chi connectivity index (χ3n) is 6.99. The van der Waals surface area contributed by atoms with Gasteiger partial charge in [-0.25, -0.2) is 0 Å². The van der Waals surface area contributed by atoms with Gasteiger partial charge in [-0.2, -0.15) is 13.2 Å². The highest BCUT2D eigenvalue weighted by Crippen LogP contribution is 2.38. The summed E-state index contributed by atoms with van der Waals surface area (Å²) in [5.74, 6) is -0.107. The van der Waals surface area contributed by atoms with Crippen LogP contribution in [0.1, 0.15) is 58.4 Å². The summed E-state index contributed by atoms with van der Waals surface area (Å²) in [7, 11) is 0. The van der Waals surface area contributed by atoms with Crippen molar-refractivity contribution >= 4 is 11.8 Å². The zero-order valence-corrected chi connectivity index (χ0v) is 20.1. The Balaban J connectivity index is 1.47. The van der Waals surface area contributed by atoms with Gasteiger partial charge in [0.1, 0.15) is 5.75 Å². The lowest BCUT2D eigenvalue weighted by atomic mass is 9.75. The second-order valence-corrected chi connectivity index (χ2v) is 9.48. The molecular formula is C27H31F3N2O4. The fraction of sp³-hybridized carbons (Fsp3) is 0.481. The number of nitrogens with one attached hydrogen (secondary N) is 1. The van der Waals surface area contributed by atoms with Crippen molar-refractivity contribution in [1.82, 2.24) is 10.2 Å². The molecule has 2 aliphatic heterocycles. The lowest BCUT2D eigenvalue weighted by Gasteiger charge is -2.42. The first-order chi connectivity index (χ1) is 17.3. The third kappa shape index (κ3) is 6.37. The third-order valence-corrected chi connectivity index (χ3v) is 6.99. The van der Waals surface area contributed by atoms with Crippen LogP contribution >= 0.6 is 0 Å². The molecule has 2 amide bonds. The number of hydrogen-bond acceptors (Lipinski definition) is 4. The van der Waals surface area contributed by atoms with Crippen molar-refractivity contribution < 1.29 is 32.2 Å². The fourth-order valence-corrected chi connectivity index (χ4v) is 4.81. The smallest absolute Gasteiger partial charge is 0.416 e. The van der Waals surface area contributed by atoms with E-state index < -0.39 is 17.6 Å². The van der Waals surface area contributed by atoms with Gasteiger partial charge in [0.25, 0.3) is 11.8 Å². The number of ether oxygens (including phenoxy) is 2. The molecule has 9 heteroatoms. The molecule has 2 heterocycles. The Morgan fingerprint density at radius 2 is 1.75 bits per heavy atom. The van der Waals surface area contributed by atoms with Crippen LogP contribution in [0.3, 0.4) is 0 Å².